The van der Waals surface area contributed by atoms with E-state index in [0.717, 1.165) is 25.3 Å². The highest BCUT2D eigenvalue weighted by atomic mass is 15.1. The zero-order valence-corrected chi connectivity index (χ0v) is 12.8. The van der Waals surface area contributed by atoms with Crippen LogP contribution in [0.15, 0.2) is 42.6 Å². The molecule has 0 spiro atoms. The molecule has 3 rings (SSSR count). The van der Waals surface area contributed by atoms with Crippen LogP contribution >= 0.6 is 0 Å². The molecule has 1 aromatic heterocycles. The summed E-state index contributed by atoms with van der Waals surface area (Å²) in [6, 6.07) is 13.1. The van der Waals surface area contributed by atoms with E-state index in [1.165, 1.54) is 23.2 Å². The van der Waals surface area contributed by atoms with E-state index >= 15 is 0 Å². The molecule has 110 valence electrons. The molecule has 0 saturated heterocycles. The number of nitrogens with zero attached hydrogens (tertiary/aromatic N) is 2. The Labute approximate surface area is 127 Å². The Hall–Kier alpha value is -1.87. The van der Waals surface area contributed by atoms with Gasteiger partial charge < -0.3 is 10.2 Å². The fourth-order valence-corrected chi connectivity index (χ4v) is 3.11. The maximum Gasteiger partial charge on any atom is 0.0602 e. The second-order valence-electron chi connectivity index (χ2n) is 6.01. The molecule has 1 aromatic carbocycles. The zero-order valence-electron chi connectivity index (χ0n) is 12.8. The third kappa shape index (κ3) is 3.24. The van der Waals surface area contributed by atoms with Crippen molar-refractivity contribution in [3.8, 4) is 0 Å². The second-order valence-corrected chi connectivity index (χ2v) is 6.01. The number of benzene rings is 1. The first-order chi connectivity index (χ1) is 10.3. The van der Waals surface area contributed by atoms with Crippen molar-refractivity contribution < 1.29 is 0 Å². The van der Waals surface area contributed by atoms with Crippen molar-refractivity contribution in [2.24, 2.45) is 5.92 Å². The van der Waals surface area contributed by atoms with Gasteiger partial charge in [0.1, 0.15) is 0 Å². The lowest BCUT2D eigenvalue weighted by Crippen LogP contribution is -2.34. The van der Waals surface area contributed by atoms with E-state index in [1.54, 1.807) is 0 Å². The predicted octanol–water partition coefficient (Wildman–Crippen LogP) is 3.00. The van der Waals surface area contributed by atoms with Gasteiger partial charge in [-0.25, -0.2) is 0 Å². The molecule has 0 saturated carbocycles. The monoisotopic (exact) mass is 281 g/mol. The highest BCUT2D eigenvalue weighted by Crippen LogP contribution is 2.30. The maximum atomic E-state index is 4.61. The number of aromatic nitrogens is 1. The highest BCUT2D eigenvalue weighted by molar-refractivity contribution is 5.55. The van der Waals surface area contributed by atoms with Gasteiger partial charge in [-0.05, 0) is 42.6 Å². The predicted molar refractivity (Wildman–Crippen MR) is 87.4 cm³/mol. The third-order valence-electron chi connectivity index (χ3n) is 4.05. The van der Waals surface area contributed by atoms with Crippen LogP contribution in [-0.2, 0) is 19.5 Å². The summed E-state index contributed by atoms with van der Waals surface area (Å²) in [7, 11) is 1.96. The Bertz CT molecular complexity index is 592. The van der Waals surface area contributed by atoms with Crippen LogP contribution in [0.2, 0.25) is 0 Å². The maximum absolute atomic E-state index is 4.61. The van der Waals surface area contributed by atoms with E-state index in [9.17, 15) is 0 Å². The van der Waals surface area contributed by atoms with Gasteiger partial charge >= 0.3 is 0 Å². The molecule has 3 nitrogen and oxygen atoms in total. The summed E-state index contributed by atoms with van der Waals surface area (Å²) >= 11 is 0. The van der Waals surface area contributed by atoms with E-state index in [0.29, 0.717) is 5.92 Å². The number of hydrogen-bond acceptors (Lipinski definition) is 3. The minimum atomic E-state index is 0.698. The Morgan fingerprint density at radius 3 is 2.86 bits per heavy atom. The molecule has 0 bridgehead atoms. The van der Waals surface area contributed by atoms with E-state index in [1.807, 2.05) is 13.2 Å². The Kier molecular flexibility index (Phi) is 4.20. The topological polar surface area (TPSA) is 28.2 Å². The summed E-state index contributed by atoms with van der Waals surface area (Å²) in [5.74, 6) is 0.698. The van der Waals surface area contributed by atoms with Gasteiger partial charge in [0, 0.05) is 25.0 Å². The molecular weight excluding hydrogens is 258 g/mol. The molecule has 1 N–H and O–H groups in total. The van der Waals surface area contributed by atoms with E-state index < -0.39 is 0 Å². The summed E-state index contributed by atoms with van der Waals surface area (Å²) in [5, 5.41) is 3.15. The number of anilines is 1. The summed E-state index contributed by atoms with van der Waals surface area (Å²) in [4.78, 5) is 7.07. The molecule has 3 heteroatoms. The molecule has 1 atom stereocenters. The largest absolute Gasteiger partial charge is 0.365 e. The van der Waals surface area contributed by atoms with Gasteiger partial charge in [0.15, 0.2) is 0 Å². The average Bonchev–Trinajstić information content (AvgIpc) is 2.49. The lowest BCUT2D eigenvalue weighted by molar-refractivity contribution is 0.528. The lowest BCUT2D eigenvalue weighted by atomic mass is 9.94. The SMILES string of the molecule is CNCc1ccc(CN2CC(C)Cc3ccccc32)nc1. The molecule has 0 radical (unpaired) electrons. The van der Waals surface area contributed by atoms with Crippen LogP contribution in [0.1, 0.15) is 23.7 Å². The standard InChI is InChI=1S/C18H23N3/c1-14-9-16-5-3-4-6-18(16)21(12-14)13-17-8-7-15(10-19-2)11-20-17/h3-8,11,14,19H,9-10,12-13H2,1-2H3. The van der Waals surface area contributed by atoms with E-state index in [4.69, 9.17) is 0 Å². The summed E-state index contributed by atoms with van der Waals surface area (Å²) < 4.78 is 0. The van der Waals surface area contributed by atoms with Crippen LogP contribution in [0.5, 0.6) is 0 Å². The molecular formula is C18H23N3. The quantitative estimate of drug-likeness (QED) is 0.934. The Morgan fingerprint density at radius 2 is 2.10 bits per heavy atom. The molecule has 0 amide bonds. The van der Waals surface area contributed by atoms with Crippen molar-refractivity contribution in [3.05, 3.63) is 59.4 Å². The molecule has 0 fully saturated rings. The van der Waals surface area contributed by atoms with Crippen molar-refractivity contribution in [2.45, 2.75) is 26.4 Å². The van der Waals surface area contributed by atoms with Crippen LogP contribution in [-0.4, -0.2) is 18.6 Å². The normalized spacial score (nSPS) is 17.6. The van der Waals surface area contributed by atoms with Crippen molar-refractivity contribution in [3.63, 3.8) is 0 Å². The molecule has 1 aliphatic heterocycles. The first kappa shape index (κ1) is 14.1. The first-order valence-corrected chi connectivity index (χ1v) is 7.67. The molecule has 2 heterocycles. The van der Waals surface area contributed by atoms with E-state index in [2.05, 4.69) is 58.5 Å². The highest BCUT2D eigenvalue weighted by Gasteiger charge is 2.21. The average molecular weight is 281 g/mol. The smallest absolute Gasteiger partial charge is 0.0602 e. The fraction of sp³-hybridized carbons (Fsp3) is 0.389. The summed E-state index contributed by atoms with van der Waals surface area (Å²) in [6.07, 6.45) is 3.16. The molecule has 21 heavy (non-hydrogen) atoms. The van der Waals surface area contributed by atoms with Crippen LogP contribution in [0, 0.1) is 5.92 Å². The van der Waals surface area contributed by atoms with Gasteiger partial charge in [0.2, 0.25) is 0 Å². The fourth-order valence-electron chi connectivity index (χ4n) is 3.11. The number of hydrogen-bond donors (Lipinski definition) is 1. The molecule has 1 aliphatic rings. The van der Waals surface area contributed by atoms with Gasteiger partial charge in [-0.3, -0.25) is 4.98 Å². The lowest BCUT2D eigenvalue weighted by Gasteiger charge is -2.34. The molecule has 0 aliphatic carbocycles. The third-order valence-corrected chi connectivity index (χ3v) is 4.05. The van der Waals surface area contributed by atoms with Gasteiger partial charge in [-0.2, -0.15) is 0 Å². The van der Waals surface area contributed by atoms with Gasteiger partial charge in [0.05, 0.1) is 12.2 Å². The second kappa shape index (κ2) is 6.27. The minimum absolute atomic E-state index is 0.698. The zero-order chi connectivity index (χ0) is 14.7. The van der Waals surface area contributed by atoms with Crippen LogP contribution in [0.4, 0.5) is 5.69 Å². The number of nitrogens with one attached hydrogen (secondary N) is 1. The molecule has 2 aromatic rings. The summed E-state index contributed by atoms with van der Waals surface area (Å²) in [5.41, 5.74) is 5.20. The van der Waals surface area contributed by atoms with Gasteiger partial charge in [-0.15, -0.1) is 0 Å². The van der Waals surface area contributed by atoms with Gasteiger partial charge in [-0.1, -0.05) is 31.2 Å². The van der Waals surface area contributed by atoms with Crippen molar-refractivity contribution in [1.29, 1.82) is 0 Å². The number of para-hydroxylation sites is 1. The molecule has 1 unspecified atom stereocenters. The van der Waals surface area contributed by atoms with Gasteiger partial charge in [0.25, 0.3) is 0 Å². The van der Waals surface area contributed by atoms with Crippen LogP contribution < -0.4 is 10.2 Å². The number of fused-ring (bicyclic) bond motifs is 1. The Balaban J connectivity index is 1.78. The van der Waals surface area contributed by atoms with E-state index in [-0.39, 0.29) is 0 Å². The van der Waals surface area contributed by atoms with Crippen LogP contribution in [0.3, 0.4) is 0 Å². The first-order valence-electron chi connectivity index (χ1n) is 7.67. The summed E-state index contributed by atoms with van der Waals surface area (Å²) in [6.45, 7) is 5.20. The van der Waals surface area contributed by atoms with Crippen molar-refractivity contribution >= 4 is 5.69 Å². The van der Waals surface area contributed by atoms with Crippen LogP contribution in [0.25, 0.3) is 0 Å². The number of pyridine rings is 1. The van der Waals surface area contributed by atoms with Crippen molar-refractivity contribution in [1.82, 2.24) is 10.3 Å². The van der Waals surface area contributed by atoms with Crippen molar-refractivity contribution in [2.75, 3.05) is 18.5 Å². The Morgan fingerprint density at radius 1 is 1.24 bits per heavy atom. The number of rotatable bonds is 4. The minimum Gasteiger partial charge on any atom is -0.365 e.